The zero-order valence-corrected chi connectivity index (χ0v) is 9.77. The van der Waals surface area contributed by atoms with E-state index in [9.17, 15) is 26.3 Å². The molecule has 0 bridgehead atoms. The first-order valence-electron chi connectivity index (χ1n) is 4.08. The van der Waals surface area contributed by atoms with Crippen LogP contribution in [0.25, 0.3) is 0 Å². The van der Waals surface area contributed by atoms with E-state index in [2.05, 4.69) is 4.74 Å². The quantitative estimate of drug-likeness (QED) is 0.498. The second kappa shape index (κ2) is 4.96. The van der Waals surface area contributed by atoms with E-state index in [-0.39, 0.29) is 0 Å². The number of benzene rings is 1. The fourth-order valence-corrected chi connectivity index (χ4v) is 1.83. The highest BCUT2D eigenvalue weighted by Crippen LogP contribution is 2.43. The lowest BCUT2D eigenvalue weighted by atomic mass is 10.3. The summed E-state index contributed by atoms with van der Waals surface area (Å²) in [6.45, 7) is 0. The zero-order valence-electron chi connectivity index (χ0n) is 8.19. The molecule has 2 nitrogen and oxygen atoms in total. The van der Waals surface area contributed by atoms with Gasteiger partial charge in [0, 0.05) is 11.0 Å². The number of alkyl halides is 6. The number of hydrogen-bond acceptors (Lipinski definition) is 3. The minimum Gasteiger partial charge on any atom is -0.404 e. The fraction of sp³-hybridized carbons (Fsp3) is 0.250. The first-order chi connectivity index (χ1) is 7.98. The number of halogens is 7. The Bertz CT molecular complexity index is 405. The van der Waals surface area contributed by atoms with Crippen molar-refractivity contribution in [2.45, 2.75) is 16.8 Å². The molecule has 1 rings (SSSR count). The third-order valence-corrected chi connectivity index (χ3v) is 2.73. The van der Waals surface area contributed by atoms with E-state index in [1.165, 1.54) is 0 Å². The standard InChI is InChI=1S/C8H4ClF6NOS/c9-3-1-5(17-7(10,11)12)4(16)2-6(3)18-8(13,14)15/h1-2H,16H2. The highest BCUT2D eigenvalue weighted by atomic mass is 35.5. The summed E-state index contributed by atoms with van der Waals surface area (Å²) in [5.41, 5.74) is -0.0646. The van der Waals surface area contributed by atoms with Crippen LogP contribution in [0.3, 0.4) is 0 Å². The molecule has 0 aliphatic heterocycles. The van der Waals surface area contributed by atoms with Crippen LogP contribution in [0.15, 0.2) is 17.0 Å². The van der Waals surface area contributed by atoms with Gasteiger partial charge in [-0.25, -0.2) is 0 Å². The van der Waals surface area contributed by atoms with Crippen LogP contribution in [0.4, 0.5) is 32.0 Å². The van der Waals surface area contributed by atoms with Gasteiger partial charge in [0.1, 0.15) is 0 Å². The van der Waals surface area contributed by atoms with Crippen LogP contribution in [-0.2, 0) is 0 Å². The molecule has 0 saturated heterocycles. The maximum atomic E-state index is 12.1. The molecule has 0 spiro atoms. The number of anilines is 1. The van der Waals surface area contributed by atoms with Crippen LogP contribution in [0.2, 0.25) is 5.02 Å². The Labute approximate surface area is 106 Å². The number of thioether (sulfide) groups is 1. The number of ether oxygens (including phenoxy) is 1. The van der Waals surface area contributed by atoms with E-state index < -0.39 is 45.0 Å². The molecule has 0 radical (unpaired) electrons. The van der Waals surface area contributed by atoms with Crippen molar-refractivity contribution in [1.29, 1.82) is 0 Å². The van der Waals surface area contributed by atoms with Crippen LogP contribution < -0.4 is 10.5 Å². The molecule has 0 heterocycles. The first-order valence-corrected chi connectivity index (χ1v) is 5.28. The number of nitrogen functional groups attached to an aromatic ring is 1. The Hall–Kier alpha value is -0.960. The molecule has 0 fully saturated rings. The van der Waals surface area contributed by atoms with E-state index in [4.69, 9.17) is 17.3 Å². The lowest BCUT2D eigenvalue weighted by Gasteiger charge is -2.14. The molecule has 0 atom stereocenters. The van der Waals surface area contributed by atoms with Gasteiger partial charge in [-0.1, -0.05) is 11.6 Å². The fourth-order valence-electron chi connectivity index (χ4n) is 0.967. The van der Waals surface area contributed by atoms with Gasteiger partial charge in [0.05, 0.1) is 10.7 Å². The molecule has 0 saturated carbocycles. The van der Waals surface area contributed by atoms with Gasteiger partial charge in [0.15, 0.2) is 5.75 Å². The minimum absolute atomic E-state index is 0.504. The van der Waals surface area contributed by atoms with E-state index in [0.717, 1.165) is 0 Å². The van der Waals surface area contributed by atoms with Crippen LogP contribution in [-0.4, -0.2) is 11.9 Å². The summed E-state index contributed by atoms with van der Waals surface area (Å²) in [7, 11) is 0. The van der Waals surface area contributed by atoms with E-state index in [0.29, 0.717) is 12.1 Å². The summed E-state index contributed by atoms with van der Waals surface area (Å²) in [5, 5.41) is -0.536. The van der Waals surface area contributed by atoms with E-state index in [1.807, 2.05) is 0 Å². The van der Waals surface area contributed by atoms with Gasteiger partial charge in [0.2, 0.25) is 0 Å². The Balaban J connectivity index is 3.05. The summed E-state index contributed by atoms with van der Waals surface area (Å²) in [6, 6.07) is 1.25. The van der Waals surface area contributed by atoms with Crippen molar-refractivity contribution in [3.63, 3.8) is 0 Å². The van der Waals surface area contributed by atoms with Gasteiger partial charge in [-0.2, -0.15) is 13.2 Å². The summed E-state index contributed by atoms with van der Waals surface area (Å²) in [6.07, 6.45) is -5.00. The first kappa shape index (κ1) is 15.1. The molecule has 1 aromatic carbocycles. The average Bonchev–Trinajstić information content (AvgIpc) is 2.08. The summed E-state index contributed by atoms with van der Waals surface area (Å²) in [5.74, 6) is -0.848. The molecule has 0 amide bonds. The molecular weight excluding hydrogens is 308 g/mol. The summed E-state index contributed by atoms with van der Waals surface area (Å²) in [4.78, 5) is -0.504. The van der Waals surface area contributed by atoms with Crippen LogP contribution >= 0.6 is 23.4 Å². The smallest absolute Gasteiger partial charge is 0.404 e. The van der Waals surface area contributed by atoms with Crippen molar-refractivity contribution in [1.82, 2.24) is 0 Å². The van der Waals surface area contributed by atoms with Crippen LogP contribution in [0, 0.1) is 0 Å². The molecule has 10 heteroatoms. The van der Waals surface area contributed by atoms with E-state index in [1.54, 1.807) is 0 Å². The van der Waals surface area contributed by atoms with Gasteiger partial charge in [-0.3, -0.25) is 0 Å². The Morgan fingerprint density at radius 1 is 1.11 bits per heavy atom. The number of hydrogen-bond donors (Lipinski definition) is 1. The second-order valence-corrected chi connectivity index (χ2v) is 4.43. The predicted octanol–water partition coefficient (Wildman–Crippen LogP) is 4.43. The third kappa shape index (κ3) is 4.73. The highest BCUT2D eigenvalue weighted by Gasteiger charge is 2.34. The molecule has 2 N–H and O–H groups in total. The van der Waals surface area contributed by atoms with Crippen molar-refractivity contribution < 1.29 is 31.1 Å². The van der Waals surface area contributed by atoms with Gasteiger partial charge in [0.25, 0.3) is 0 Å². The van der Waals surface area contributed by atoms with Gasteiger partial charge in [-0.15, -0.1) is 13.2 Å². The van der Waals surface area contributed by atoms with E-state index >= 15 is 0 Å². The monoisotopic (exact) mass is 311 g/mol. The van der Waals surface area contributed by atoms with Gasteiger partial charge in [-0.05, 0) is 17.8 Å². The Kier molecular flexibility index (Phi) is 4.16. The molecule has 18 heavy (non-hydrogen) atoms. The lowest BCUT2D eigenvalue weighted by molar-refractivity contribution is -0.274. The summed E-state index contributed by atoms with van der Waals surface area (Å²) < 4.78 is 75.5. The Morgan fingerprint density at radius 3 is 2.11 bits per heavy atom. The highest BCUT2D eigenvalue weighted by molar-refractivity contribution is 8.00. The molecular formula is C8H4ClF6NOS. The van der Waals surface area contributed by atoms with Crippen molar-refractivity contribution in [2.75, 3.05) is 5.73 Å². The zero-order chi connectivity index (χ0) is 14.1. The SMILES string of the molecule is Nc1cc(SC(F)(F)F)c(Cl)cc1OC(F)(F)F. The topological polar surface area (TPSA) is 35.2 Å². The number of nitrogens with two attached hydrogens (primary N) is 1. The van der Waals surface area contributed by atoms with Crippen LogP contribution in [0.5, 0.6) is 5.75 Å². The average molecular weight is 312 g/mol. The maximum absolute atomic E-state index is 12.1. The molecule has 0 aliphatic carbocycles. The Morgan fingerprint density at radius 2 is 1.67 bits per heavy atom. The van der Waals surface area contributed by atoms with Crippen LogP contribution in [0.1, 0.15) is 0 Å². The largest absolute Gasteiger partial charge is 0.573 e. The second-order valence-electron chi connectivity index (χ2n) is 2.92. The normalized spacial score (nSPS) is 12.6. The molecule has 102 valence electrons. The third-order valence-electron chi connectivity index (χ3n) is 1.52. The number of rotatable bonds is 2. The van der Waals surface area contributed by atoms with Gasteiger partial charge >= 0.3 is 11.9 Å². The molecule has 1 aromatic rings. The molecule has 0 aromatic heterocycles. The minimum atomic E-state index is -5.00. The van der Waals surface area contributed by atoms with Crippen molar-refractivity contribution in [3.8, 4) is 5.75 Å². The van der Waals surface area contributed by atoms with Crippen molar-refractivity contribution in [2.24, 2.45) is 0 Å². The molecule has 0 aliphatic rings. The lowest BCUT2D eigenvalue weighted by Crippen LogP contribution is -2.18. The van der Waals surface area contributed by atoms with Crippen molar-refractivity contribution >= 4 is 29.1 Å². The van der Waals surface area contributed by atoms with Gasteiger partial charge < -0.3 is 10.5 Å². The maximum Gasteiger partial charge on any atom is 0.573 e. The van der Waals surface area contributed by atoms with Crippen molar-refractivity contribution in [3.05, 3.63) is 17.2 Å². The molecule has 0 unspecified atom stereocenters. The summed E-state index contributed by atoms with van der Waals surface area (Å²) >= 11 is 4.83. The predicted molar refractivity (Wildman–Crippen MR) is 54.5 cm³/mol.